The van der Waals surface area contributed by atoms with Crippen LogP contribution in [0.25, 0.3) is 6.08 Å². The maximum absolute atomic E-state index is 13.3. The minimum absolute atomic E-state index is 0.0809. The van der Waals surface area contributed by atoms with Gasteiger partial charge in [-0.1, -0.05) is 36.8 Å². The van der Waals surface area contributed by atoms with Crippen LogP contribution in [0.3, 0.4) is 0 Å². The number of esters is 1. The van der Waals surface area contributed by atoms with Gasteiger partial charge in [0.05, 0.1) is 12.0 Å². The number of ketones is 1. The first-order chi connectivity index (χ1) is 16.5. The van der Waals surface area contributed by atoms with E-state index in [2.05, 4.69) is 21.3 Å². The number of halogens is 5. The normalized spacial score (nSPS) is 10.8. The maximum atomic E-state index is 13.3. The molecule has 0 amide bonds. The lowest BCUT2D eigenvalue weighted by Gasteiger charge is -2.06. The molecule has 0 aliphatic rings. The fraction of sp³-hybridized carbons (Fsp3) is 0.273. The molecule has 1 aromatic carbocycles. The lowest BCUT2D eigenvalue weighted by Crippen LogP contribution is -2.15. The van der Waals surface area contributed by atoms with Crippen LogP contribution >= 0.6 is 34.5 Å². The van der Waals surface area contributed by atoms with Crippen LogP contribution in [-0.2, 0) is 19.1 Å². The molecule has 0 unspecified atom stereocenters. The molecule has 0 radical (unpaired) electrons. The van der Waals surface area contributed by atoms with Crippen LogP contribution in [0, 0.1) is 17.5 Å². The number of rotatable bonds is 6. The van der Waals surface area contributed by atoms with Gasteiger partial charge in [-0.3, -0.25) is 4.79 Å². The third-order valence-corrected chi connectivity index (χ3v) is 4.73. The molecule has 0 spiro atoms. The minimum atomic E-state index is -1.64. The first-order valence-electron chi connectivity index (χ1n) is 9.41. The molecule has 35 heavy (non-hydrogen) atoms. The highest BCUT2D eigenvalue weighted by atomic mass is 35.5. The number of allylic oxidation sites excluding steroid dienone is 1. The highest BCUT2D eigenvalue weighted by molar-refractivity contribution is 7.14. The number of alkyl halides is 1. The van der Waals surface area contributed by atoms with Crippen LogP contribution in [-0.4, -0.2) is 42.1 Å². The van der Waals surface area contributed by atoms with Crippen molar-refractivity contribution in [3.05, 3.63) is 56.5 Å². The largest absolute Gasteiger partial charge is 0.507 e. The zero-order valence-electron chi connectivity index (χ0n) is 19.7. The van der Waals surface area contributed by atoms with Crippen LogP contribution in [0.15, 0.2) is 29.0 Å². The summed E-state index contributed by atoms with van der Waals surface area (Å²) in [6, 6.07) is 1.27. The zero-order chi connectivity index (χ0) is 27.9. The monoisotopic (exact) mass is 557 g/mol. The van der Waals surface area contributed by atoms with E-state index in [0.29, 0.717) is 12.1 Å². The molecule has 1 heterocycles. The Balaban J connectivity index is 0. The van der Waals surface area contributed by atoms with Crippen LogP contribution < -0.4 is 4.74 Å². The second-order valence-electron chi connectivity index (χ2n) is 5.54. The van der Waals surface area contributed by atoms with E-state index in [1.165, 1.54) is 19.4 Å². The lowest BCUT2D eigenvalue weighted by atomic mass is 10.1. The molecule has 0 fully saturated rings. The number of ether oxygens (including phenoxy) is 2. The van der Waals surface area contributed by atoms with Crippen molar-refractivity contribution >= 4 is 59.2 Å². The van der Waals surface area contributed by atoms with Crippen molar-refractivity contribution in [2.45, 2.75) is 27.7 Å². The van der Waals surface area contributed by atoms with E-state index in [9.17, 15) is 27.9 Å². The van der Waals surface area contributed by atoms with Crippen molar-refractivity contribution in [1.29, 1.82) is 0 Å². The van der Waals surface area contributed by atoms with E-state index in [1.807, 2.05) is 20.6 Å². The van der Waals surface area contributed by atoms with E-state index < -0.39 is 40.5 Å². The van der Waals surface area contributed by atoms with Gasteiger partial charge in [-0.25, -0.2) is 18.0 Å². The van der Waals surface area contributed by atoms with Crippen molar-refractivity contribution in [2.75, 3.05) is 13.5 Å². The number of nitrogens with zero attached hydrogens (tertiary/aromatic N) is 1. The number of carbonyl (C=O) groups is 3. The van der Waals surface area contributed by atoms with E-state index >= 15 is 0 Å². The second kappa shape index (κ2) is 17.5. The average Bonchev–Trinajstić information content (AvgIpc) is 3.18. The van der Waals surface area contributed by atoms with Gasteiger partial charge < -0.3 is 19.4 Å². The Hall–Kier alpha value is -2.89. The molecule has 7 nitrogen and oxygen atoms in total. The summed E-state index contributed by atoms with van der Waals surface area (Å²) < 4.78 is 49.2. The highest BCUT2D eigenvalue weighted by Crippen LogP contribution is 2.35. The van der Waals surface area contributed by atoms with E-state index in [1.54, 1.807) is 0 Å². The molecular weight excluding hydrogens is 534 g/mol. The minimum Gasteiger partial charge on any atom is -0.507 e. The zero-order valence-corrected chi connectivity index (χ0v) is 22.0. The van der Waals surface area contributed by atoms with Crippen molar-refractivity contribution in [2.24, 2.45) is 0 Å². The number of aliphatic hydroxyl groups excluding tert-OH is 1. The number of methoxy groups -OCH3 is 1. The van der Waals surface area contributed by atoms with Gasteiger partial charge in [-0.05, 0) is 25.5 Å². The Bertz CT molecular complexity index is 1050. The van der Waals surface area contributed by atoms with Gasteiger partial charge in [0.15, 0.2) is 28.4 Å². The highest BCUT2D eigenvalue weighted by Gasteiger charge is 2.22. The number of hydrogen-bond donors (Lipinski definition) is 1. The Kier molecular flexibility index (Phi) is 17.2. The molecule has 1 aromatic heterocycles. The summed E-state index contributed by atoms with van der Waals surface area (Å²) in [6.07, 6.45) is 2.79. The summed E-state index contributed by atoms with van der Waals surface area (Å²) in [5.41, 5.74) is -0.452. The van der Waals surface area contributed by atoms with Gasteiger partial charge >= 0.3 is 5.97 Å². The molecule has 0 saturated carbocycles. The number of carbonyl (C=O) groups excluding carboxylic acids is 3. The molecule has 0 atom stereocenters. The SMILES string of the molecule is C=O.CC.CCl.COC(=O)/C(C(C)=O)=C(O)\C(C)=C\c1sc(Oc2cc(F)c(F)c(F)c2)nc1Cl. The van der Waals surface area contributed by atoms with Gasteiger partial charge in [-0.2, -0.15) is 4.98 Å². The molecule has 0 aliphatic carbocycles. The van der Waals surface area contributed by atoms with Crippen molar-refractivity contribution in [3.8, 4) is 10.9 Å². The smallest absolute Gasteiger partial charge is 0.345 e. The van der Waals surface area contributed by atoms with Gasteiger partial charge in [0, 0.05) is 18.5 Å². The molecule has 0 bridgehead atoms. The van der Waals surface area contributed by atoms with Crippen LogP contribution in [0.2, 0.25) is 5.15 Å². The first kappa shape index (κ1) is 34.3. The third kappa shape index (κ3) is 10.1. The maximum Gasteiger partial charge on any atom is 0.345 e. The predicted octanol–water partition coefficient (Wildman–Crippen LogP) is 6.68. The first-order valence-corrected chi connectivity index (χ1v) is 11.4. The Morgan fingerprint density at radius 2 is 1.60 bits per heavy atom. The summed E-state index contributed by atoms with van der Waals surface area (Å²) in [5.74, 6) is -7.18. The van der Waals surface area contributed by atoms with Crippen molar-refractivity contribution < 1.29 is 42.1 Å². The molecular formula is C22H24Cl2F3NO6S. The van der Waals surface area contributed by atoms with E-state index in [4.69, 9.17) is 21.1 Å². The molecule has 0 aliphatic heterocycles. The number of thiazole rings is 1. The third-order valence-electron chi connectivity index (χ3n) is 3.45. The molecule has 2 rings (SSSR count). The lowest BCUT2D eigenvalue weighted by molar-refractivity contribution is -0.137. The number of aliphatic hydroxyl groups is 1. The van der Waals surface area contributed by atoms with E-state index in [-0.39, 0.29) is 26.5 Å². The summed E-state index contributed by atoms with van der Waals surface area (Å²) in [5, 5.41) is 10.0. The van der Waals surface area contributed by atoms with Crippen LogP contribution in [0.1, 0.15) is 32.6 Å². The number of benzene rings is 1. The Labute approximate surface area is 214 Å². The number of hydrogen-bond acceptors (Lipinski definition) is 8. The summed E-state index contributed by atoms with van der Waals surface area (Å²) in [7, 11) is 1.06. The quantitative estimate of drug-likeness (QED) is 0.0617. The average molecular weight is 558 g/mol. The molecule has 0 saturated heterocycles. The number of Topliss-reactive ketones (excluding diaryl/α,β-unsaturated/α-hetero) is 1. The summed E-state index contributed by atoms with van der Waals surface area (Å²) in [6.45, 7) is 8.49. The molecule has 13 heteroatoms. The number of aromatic nitrogens is 1. The summed E-state index contributed by atoms with van der Waals surface area (Å²) in [4.78, 5) is 35.4. The van der Waals surface area contributed by atoms with Gasteiger partial charge in [0.2, 0.25) is 0 Å². The molecule has 194 valence electrons. The Morgan fingerprint density at radius 3 is 2.03 bits per heavy atom. The summed E-state index contributed by atoms with van der Waals surface area (Å²) >= 11 is 11.5. The van der Waals surface area contributed by atoms with Crippen LogP contribution in [0.4, 0.5) is 13.2 Å². The van der Waals surface area contributed by atoms with Crippen LogP contribution in [0.5, 0.6) is 10.9 Å². The predicted molar refractivity (Wildman–Crippen MR) is 130 cm³/mol. The molecule has 1 N–H and O–H groups in total. The Morgan fingerprint density at radius 1 is 1.11 bits per heavy atom. The van der Waals surface area contributed by atoms with Crippen molar-refractivity contribution in [3.63, 3.8) is 0 Å². The van der Waals surface area contributed by atoms with Gasteiger partial charge in [0.25, 0.3) is 5.19 Å². The van der Waals surface area contributed by atoms with Gasteiger partial charge in [0.1, 0.15) is 23.9 Å². The fourth-order valence-electron chi connectivity index (χ4n) is 2.09. The van der Waals surface area contributed by atoms with Gasteiger partial charge in [-0.15, -0.1) is 11.6 Å². The van der Waals surface area contributed by atoms with E-state index in [0.717, 1.165) is 25.4 Å². The topological polar surface area (TPSA) is 103 Å². The standard InChI is InChI=1S/C18H13ClF3NO5S.C2H6.CH3Cl.CH2O/c1-7(15(25)13(8(2)24)17(26)27-3)4-12-16(19)23-18(29-12)28-9-5-10(20)14(22)11(21)6-9;3*1-2/h4-6,25H,1-3H3;1-2H3;1H3;1H2/b7-4+,15-13+;;;. The fourth-order valence-corrected chi connectivity index (χ4v) is 3.22. The second-order valence-corrected chi connectivity index (χ2v) is 6.89. The van der Waals surface area contributed by atoms with Crippen molar-refractivity contribution in [1.82, 2.24) is 4.98 Å². The molecule has 2 aromatic rings.